The smallest absolute Gasteiger partial charge is 0.120 e. The Labute approximate surface area is 104 Å². The van der Waals surface area contributed by atoms with Crippen LogP contribution in [-0.2, 0) is 0 Å². The molecule has 94 valence electrons. The zero-order chi connectivity index (χ0) is 12.1. The lowest BCUT2D eigenvalue weighted by Crippen LogP contribution is -2.20. The van der Waals surface area contributed by atoms with Gasteiger partial charge < -0.3 is 10.1 Å². The minimum Gasteiger partial charge on any atom is -0.497 e. The van der Waals surface area contributed by atoms with Crippen LogP contribution in [0.3, 0.4) is 0 Å². The Balaban J connectivity index is 1.81. The van der Waals surface area contributed by atoms with E-state index in [0.717, 1.165) is 24.1 Å². The first-order valence-electron chi connectivity index (χ1n) is 6.66. The van der Waals surface area contributed by atoms with Crippen LogP contribution in [0.25, 0.3) is 0 Å². The van der Waals surface area contributed by atoms with E-state index in [1.165, 1.54) is 31.4 Å². The number of nitrogens with one attached hydrogen (secondary N) is 1. The molecule has 2 nitrogen and oxygen atoms in total. The summed E-state index contributed by atoms with van der Waals surface area (Å²) >= 11 is 0. The van der Waals surface area contributed by atoms with Crippen molar-refractivity contribution in [3.05, 3.63) is 24.3 Å². The Morgan fingerprint density at radius 1 is 1.24 bits per heavy atom. The van der Waals surface area contributed by atoms with Gasteiger partial charge in [0.2, 0.25) is 0 Å². The number of hydrogen-bond acceptors (Lipinski definition) is 2. The average Bonchev–Trinajstić information content (AvgIpc) is 2.38. The molecule has 0 heterocycles. The van der Waals surface area contributed by atoms with Crippen LogP contribution >= 0.6 is 0 Å². The van der Waals surface area contributed by atoms with Gasteiger partial charge in [0.05, 0.1) is 7.11 Å². The molecule has 0 bridgehead atoms. The molecule has 0 aliphatic heterocycles. The van der Waals surface area contributed by atoms with E-state index in [0.29, 0.717) is 0 Å². The summed E-state index contributed by atoms with van der Waals surface area (Å²) in [6, 6.07) is 8.18. The molecule has 0 unspecified atom stereocenters. The van der Waals surface area contributed by atoms with Crippen LogP contribution in [0.1, 0.15) is 32.6 Å². The van der Waals surface area contributed by atoms with Gasteiger partial charge in [0.15, 0.2) is 0 Å². The van der Waals surface area contributed by atoms with Gasteiger partial charge in [-0.15, -0.1) is 0 Å². The predicted octanol–water partition coefficient (Wildman–Crippen LogP) is 3.93. The van der Waals surface area contributed by atoms with Gasteiger partial charge in [0, 0.05) is 18.3 Å². The van der Waals surface area contributed by atoms with E-state index in [2.05, 4.69) is 24.4 Å². The SMILES string of the molecule is COc1cccc(NCC2CCC(C)CC2)c1. The Morgan fingerprint density at radius 3 is 2.71 bits per heavy atom. The van der Waals surface area contributed by atoms with Crippen molar-refractivity contribution in [3.63, 3.8) is 0 Å². The van der Waals surface area contributed by atoms with Crippen LogP contribution in [0.15, 0.2) is 24.3 Å². The van der Waals surface area contributed by atoms with Gasteiger partial charge in [-0.1, -0.05) is 25.8 Å². The first-order valence-corrected chi connectivity index (χ1v) is 6.66. The lowest BCUT2D eigenvalue weighted by atomic mass is 9.83. The molecule has 0 aromatic heterocycles. The molecule has 0 amide bonds. The number of anilines is 1. The largest absolute Gasteiger partial charge is 0.497 e. The molecule has 1 N–H and O–H groups in total. The van der Waals surface area contributed by atoms with Crippen molar-refractivity contribution >= 4 is 5.69 Å². The van der Waals surface area contributed by atoms with Gasteiger partial charge in [0.25, 0.3) is 0 Å². The highest BCUT2D eigenvalue weighted by Crippen LogP contribution is 2.28. The zero-order valence-electron chi connectivity index (χ0n) is 10.9. The summed E-state index contributed by atoms with van der Waals surface area (Å²) in [6.45, 7) is 3.46. The first kappa shape index (κ1) is 12.3. The van der Waals surface area contributed by atoms with Crippen LogP contribution in [0.4, 0.5) is 5.69 Å². The fraction of sp³-hybridized carbons (Fsp3) is 0.600. The molecule has 0 radical (unpaired) electrons. The molecule has 0 saturated heterocycles. The van der Waals surface area contributed by atoms with E-state index in [9.17, 15) is 0 Å². The van der Waals surface area contributed by atoms with Gasteiger partial charge in [-0.05, 0) is 36.8 Å². The summed E-state index contributed by atoms with van der Waals surface area (Å²) in [5.74, 6) is 2.70. The summed E-state index contributed by atoms with van der Waals surface area (Å²) in [4.78, 5) is 0. The molecule has 1 aromatic carbocycles. The number of ether oxygens (including phenoxy) is 1. The summed E-state index contributed by atoms with van der Waals surface area (Å²) in [7, 11) is 1.71. The standard InChI is InChI=1S/C15H23NO/c1-12-6-8-13(9-7-12)11-16-14-4-3-5-15(10-14)17-2/h3-5,10,12-13,16H,6-9,11H2,1-2H3. The van der Waals surface area contributed by atoms with Crippen molar-refractivity contribution in [2.24, 2.45) is 11.8 Å². The van der Waals surface area contributed by atoms with Gasteiger partial charge in [0.1, 0.15) is 5.75 Å². The first-order chi connectivity index (χ1) is 8.28. The van der Waals surface area contributed by atoms with Crippen molar-refractivity contribution < 1.29 is 4.74 Å². The summed E-state index contributed by atoms with van der Waals surface area (Å²) in [6.07, 6.45) is 5.53. The number of methoxy groups -OCH3 is 1. The fourth-order valence-corrected chi connectivity index (χ4v) is 2.53. The van der Waals surface area contributed by atoms with Crippen LogP contribution in [-0.4, -0.2) is 13.7 Å². The van der Waals surface area contributed by atoms with E-state index in [1.807, 2.05) is 12.1 Å². The Morgan fingerprint density at radius 2 is 2.00 bits per heavy atom. The average molecular weight is 233 g/mol. The molecule has 17 heavy (non-hydrogen) atoms. The molecule has 2 heteroatoms. The topological polar surface area (TPSA) is 21.3 Å². The third-order valence-corrected chi connectivity index (χ3v) is 3.80. The van der Waals surface area contributed by atoms with Gasteiger partial charge in [-0.2, -0.15) is 0 Å². The Kier molecular flexibility index (Phi) is 4.29. The van der Waals surface area contributed by atoms with Crippen molar-refractivity contribution in [1.29, 1.82) is 0 Å². The highest BCUT2D eigenvalue weighted by molar-refractivity contribution is 5.48. The maximum absolute atomic E-state index is 5.22. The van der Waals surface area contributed by atoms with Crippen LogP contribution in [0.2, 0.25) is 0 Å². The second-order valence-corrected chi connectivity index (χ2v) is 5.24. The Hall–Kier alpha value is -1.18. The second kappa shape index (κ2) is 5.95. The van der Waals surface area contributed by atoms with Crippen molar-refractivity contribution in [2.75, 3.05) is 19.0 Å². The van der Waals surface area contributed by atoms with E-state index in [4.69, 9.17) is 4.74 Å². The maximum atomic E-state index is 5.22. The number of benzene rings is 1. The molecule has 1 aromatic rings. The van der Waals surface area contributed by atoms with Crippen molar-refractivity contribution in [2.45, 2.75) is 32.6 Å². The third kappa shape index (κ3) is 3.65. The lowest BCUT2D eigenvalue weighted by molar-refractivity contribution is 0.300. The third-order valence-electron chi connectivity index (χ3n) is 3.80. The molecule has 0 atom stereocenters. The normalized spacial score (nSPS) is 24.4. The number of hydrogen-bond donors (Lipinski definition) is 1. The summed E-state index contributed by atoms with van der Waals surface area (Å²) in [5, 5.41) is 3.52. The van der Waals surface area contributed by atoms with Crippen molar-refractivity contribution in [3.8, 4) is 5.75 Å². The number of rotatable bonds is 4. The van der Waals surface area contributed by atoms with E-state index in [1.54, 1.807) is 7.11 Å². The molecular formula is C15H23NO. The quantitative estimate of drug-likeness (QED) is 0.850. The molecule has 1 fully saturated rings. The maximum Gasteiger partial charge on any atom is 0.120 e. The van der Waals surface area contributed by atoms with Gasteiger partial charge in [-0.3, -0.25) is 0 Å². The predicted molar refractivity (Wildman–Crippen MR) is 72.6 cm³/mol. The summed E-state index contributed by atoms with van der Waals surface area (Å²) in [5.41, 5.74) is 1.17. The molecule has 1 aliphatic carbocycles. The molecule has 1 saturated carbocycles. The van der Waals surface area contributed by atoms with Crippen LogP contribution < -0.4 is 10.1 Å². The Bertz CT molecular complexity index is 343. The van der Waals surface area contributed by atoms with E-state index < -0.39 is 0 Å². The van der Waals surface area contributed by atoms with Gasteiger partial charge in [-0.25, -0.2) is 0 Å². The summed E-state index contributed by atoms with van der Waals surface area (Å²) < 4.78 is 5.22. The highest BCUT2D eigenvalue weighted by atomic mass is 16.5. The molecular weight excluding hydrogens is 210 g/mol. The minimum absolute atomic E-state index is 0.845. The lowest BCUT2D eigenvalue weighted by Gasteiger charge is -2.26. The minimum atomic E-state index is 0.845. The van der Waals surface area contributed by atoms with Crippen molar-refractivity contribution in [1.82, 2.24) is 0 Å². The second-order valence-electron chi connectivity index (χ2n) is 5.24. The van der Waals surface area contributed by atoms with E-state index >= 15 is 0 Å². The zero-order valence-corrected chi connectivity index (χ0v) is 10.9. The van der Waals surface area contributed by atoms with Gasteiger partial charge >= 0.3 is 0 Å². The molecule has 1 aliphatic rings. The molecule has 0 spiro atoms. The van der Waals surface area contributed by atoms with Crippen LogP contribution in [0, 0.1) is 11.8 Å². The fourth-order valence-electron chi connectivity index (χ4n) is 2.53. The molecule has 2 rings (SSSR count). The monoisotopic (exact) mass is 233 g/mol. The van der Waals surface area contributed by atoms with Crippen LogP contribution in [0.5, 0.6) is 5.75 Å². The highest BCUT2D eigenvalue weighted by Gasteiger charge is 2.17. The van der Waals surface area contributed by atoms with E-state index in [-0.39, 0.29) is 0 Å².